The van der Waals surface area contributed by atoms with E-state index in [1.54, 1.807) is 24.6 Å². The zero-order valence-electron chi connectivity index (χ0n) is 14.6. The maximum atomic E-state index is 13.5. The zero-order valence-corrected chi connectivity index (χ0v) is 15.4. The molecule has 136 valence electrons. The number of carbonyl (C=O) groups is 1. The summed E-state index contributed by atoms with van der Waals surface area (Å²) in [6.07, 6.45) is 5.01. The third-order valence-corrected chi connectivity index (χ3v) is 5.88. The number of hydrogen-bond donors (Lipinski definition) is 1. The van der Waals surface area contributed by atoms with Gasteiger partial charge in [0.05, 0.1) is 5.69 Å². The van der Waals surface area contributed by atoms with Gasteiger partial charge in [-0.2, -0.15) is 5.10 Å². The molecule has 1 atom stereocenters. The highest BCUT2D eigenvalue weighted by Gasteiger charge is 2.33. The van der Waals surface area contributed by atoms with Crippen LogP contribution in [-0.4, -0.2) is 27.0 Å². The second kappa shape index (κ2) is 7.15. The predicted molar refractivity (Wildman–Crippen MR) is 98.8 cm³/mol. The highest BCUT2D eigenvalue weighted by Crippen LogP contribution is 2.44. The van der Waals surface area contributed by atoms with E-state index in [0.29, 0.717) is 24.4 Å². The van der Waals surface area contributed by atoms with Gasteiger partial charge in [0.2, 0.25) is 10.9 Å². The Hall–Kier alpha value is -2.28. The predicted octanol–water partition coefficient (Wildman–Crippen LogP) is 3.48. The summed E-state index contributed by atoms with van der Waals surface area (Å²) in [5.74, 6) is 0.576. The van der Waals surface area contributed by atoms with Crippen LogP contribution in [0.15, 0.2) is 29.9 Å². The van der Waals surface area contributed by atoms with Gasteiger partial charge in [-0.3, -0.25) is 4.79 Å². The third kappa shape index (κ3) is 3.62. The Morgan fingerprint density at radius 3 is 3.08 bits per heavy atom. The molecule has 1 saturated carbocycles. The number of benzene rings is 1. The van der Waals surface area contributed by atoms with E-state index < -0.39 is 0 Å². The maximum absolute atomic E-state index is 13.5. The van der Waals surface area contributed by atoms with Crippen LogP contribution >= 0.6 is 11.3 Å². The van der Waals surface area contributed by atoms with Crippen LogP contribution in [-0.2, 0) is 11.2 Å². The van der Waals surface area contributed by atoms with E-state index in [-0.39, 0.29) is 17.6 Å². The third-order valence-electron chi connectivity index (χ3n) is 5.00. The Labute approximate surface area is 155 Å². The van der Waals surface area contributed by atoms with Crippen molar-refractivity contribution in [2.24, 2.45) is 5.92 Å². The van der Waals surface area contributed by atoms with Crippen molar-refractivity contribution in [3.8, 4) is 0 Å². The molecule has 2 heterocycles. The molecule has 5 nitrogen and oxygen atoms in total. The molecule has 1 aromatic carbocycles. The summed E-state index contributed by atoms with van der Waals surface area (Å²) in [6.45, 7) is 2.35. The number of halogens is 1. The molecule has 1 unspecified atom stereocenters. The molecular formula is C19H21FN4OS. The summed E-state index contributed by atoms with van der Waals surface area (Å²) in [5.41, 5.74) is 2.77. The lowest BCUT2D eigenvalue weighted by molar-refractivity contribution is -0.121. The van der Waals surface area contributed by atoms with E-state index in [4.69, 9.17) is 0 Å². The van der Waals surface area contributed by atoms with Crippen LogP contribution in [0.25, 0.3) is 4.96 Å². The van der Waals surface area contributed by atoms with Crippen LogP contribution < -0.4 is 5.32 Å². The highest BCUT2D eigenvalue weighted by molar-refractivity contribution is 7.15. The fourth-order valence-electron chi connectivity index (χ4n) is 3.40. The number of thiazole rings is 1. The fourth-order valence-corrected chi connectivity index (χ4v) is 4.23. The number of nitrogens with one attached hydrogen (secondary N) is 1. The first-order chi connectivity index (χ1) is 12.6. The number of aryl methyl sites for hydroxylation is 1. The minimum atomic E-state index is -0.192. The van der Waals surface area contributed by atoms with Gasteiger partial charge >= 0.3 is 0 Å². The van der Waals surface area contributed by atoms with Gasteiger partial charge in [0.15, 0.2) is 0 Å². The first-order valence-electron chi connectivity index (χ1n) is 8.90. The smallest absolute Gasteiger partial charge is 0.220 e. The van der Waals surface area contributed by atoms with Crippen LogP contribution in [0.1, 0.15) is 42.0 Å². The average Bonchev–Trinajstić information content (AvgIpc) is 3.23. The fraction of sp³-hybridized carbons (Fsp3) is 0.421. The molecule has 2 aromatic heterocycles. The number of hydrogen-bond acceptors (Lipinski definition) is 4. The summed E-state index contributed by atoms with van der Waals surface area (Å²) in [4.78, 5) is 17.5. The van der Waals surface area contributed by atoms with Crippen LogP contribution in [0.5, 0.6) is 0 Å². The number of amides is 1. The van der Waals surface area contributed by atoms with Crippen molar-refractivity contribution in [2.75, 3.05) is 6.54 Å². The van der Waals surface area contributed by atoms with Gasteiger partial charge in [0.25, 0.3) is 0 Å². The minimum absolute atomic E-state index is 0.0499. The molecule has 1 aliphatic carbocycles. The molecule has 0 spiro atoms. The van der Waals surface area contributed by atoms with Crippen LogP contribution in [0.2, 0.25) is 0 Å². The Balaban J connectivity index is 1.35. The molecule has 0 bridgehead atoms. The van der Waals surface area contributed by atoms with Crippen LogP contribution in [0, 0.1) is 18.7 Å². The molecular weight excluding hydrogens is 351 g/mol. The van der Waals surface area contributed by atoms with Crippen LogP contribution in [0.4, 0.5) is 4.39 Å². The topological polar surface area (TPSA) is 59.3 Å². The molecule has 7 heteroatoms. The highest BCUT2D eigenvalue weighted by atomic mass is 32.1. The number of carbonyl (C=O) groups excluding carboxylic acids is 1. The van der Waals surface area contributed by atoms with Crippen molar-refractivity contribution in [1.29, 1.82) is 0 Å². The quantitative estimate of drug-likeness (QED) is 0.691. The van der Waals surface area contributed by atoms with Crippen molar-refractivity contribution in [3.63, 3.8) is 0 Å². The Morgan fingerprint density at radius 1 is 1.46 bits per heavy atom. The lowest BCUT2D eigenvalue weighted by Gasteiger charge is -2.17. The number of aromatic nitrogens is 3. The summed E-state index contributed by atoms with van der Waals surface area (Å²) >= 11 is 1.55. The number of rotatable bonds is 7. The molecule has 4 rings (SSSR count). The molecule has 1 amide bonds. The summed E-state index contributed by atoms with van der Waals surface area (Å²) < 4.78 is 15.4. The maximum Gasteiger partial charge on any atom is 0.220 e. The summed E-state index contributed by atoms with van der Waals surface area (Å²) in [6, 6.07) is 5.22. The van der Waals surface area contributed by atoms with Crippen molar-refractivity contribution < 1.29 is 9.18 Å². The first kappa shape index (κ1) is 17.1. The lowest BCUT2D eigenvalue weighted by atomic mass is 9.89. The number of fused-ring (bicyclic) bond motifs is 1. The average molecular weight is 372 g/mol. The van der Waals surface area contributed by atoms with E-state index in [0.717, 1.165) is 35.5 Å². The Kier molecular flexibility index (Phi) is 4.72. The molecule has 3 aromatic rings. The van der Waals surface area contributed by atoms with Crippen LogP contribution in [0.3, 0.4) is 0 Å². The van der Waals surface area contributed by atoms with Gasteiger partial charge in [-0.25, -0.2) is 13.9 Å². The van der Waals surface area contributed by atoms with Crippen molar-refractivity contribution in [3.05, 3.63) is 52.5 Å². The second-order valence-electron chi connectivity index (χ2n) is 6.94. The number of nitrogens with zero attached hydrogens (tertiary/aromatic N) is 3. The molecule has 1 fully saturated rings. The molecule has 26 heavy (non-hydrogen) atoms. The van der Waals surface area contributed by atoms with Gasteiger partial charge in [0.1, 0.15) is 12.1 Å². The van der Waals surface area contributed by atoms with Gasteiger partial charge in [-0.05, 0) is 48.8 Å². The molecule has 0 aliphatic heterocycles. The van der Waals surface area contributed by atoms with Gasteiger partial charge < -0.3 is 5.32 Å². The monoisotopic (exact) mass is 372 g/mol. The molecule has 0 radical (unpaired) electrons. The minimum Gasteiger partial charge on any atom is -0.356 e. The zero-order chi connectivity index (χ0) is 18.1. The largest absolute Gasteiger partial charge is 0.356 e. The van der Waals surface area contributed by atoms with Crippen molar-refractivity contribution in [2.45, 2.75) is 38.5 Å². The second-order valence-corrected chi connectivity index (χ2v) is 7.77. The van der Waals surface area contributed by atoms with E-state index >= 15 is 0 Å². The molecule has 0 saturated heterocycles. The first-order valence-corrected chi connectivity index (χ1v) is 9.78. The normalized spacial score (nSPS) is 15.3. The SMILES string of the molecule is Cc1cc(C(CC(=O)NCCc2csc3ncnn23)C2CC2)ccc1F. The van der Waals surface area contributed by atoms with Gasteiger partial charge in [-0.15, -0.1) is 11.3 Å². The standard InChI is InChI=1S/C19H21FN4OS/c1-12-8-14(4-5-17(12)20)16(13-2-3-13)9-18(25)21-7-6-15-10-26-19-22-11-23-24(15)19/h4-5,8,10-11,13,16H,2-3,6-7,9H2,1H3,(H,21,25). The van der Waals surface area contributed by atoms with Gasteiger partial charge in [-0.1, -0.05) is 12.1 Å². The lowest BCUT2D eigenvalue weighted by Crippen LogP contribution is -2.28. The van der Waals surface area contributed by atoms with E-state index in [1.807, 2.05) is 22.0 Å². The van der Waals surface area contributed by atoms with Crippen molar-refractivity contribution in [1.82, 2.24) is 19.9 Å². The molecule has 1 aliphatic rings. The van der Waals surface area contributed by atoms with Crippen molar-refractivity contribution >= 4 is 22.2 Å². The van der Waals surface area contributed by atoms with E-state index in [9.17, 15) is 9.18 Å². The van der Waals surface area contributed by atoms with Gasteiger partial charge in [0, 0.05) is 24.8 Å². The Morgan fingerprint density at radius 2 is 2.31 bits per heavy atom. The Bertz CT molecular complexity index is 931. The summed E-state index contributed by atoms with van der Waals surface area (Å²) in [5, 5.41) is 9.22. The van der Waals surface area contributed by atoms with E-state index in [1.165, 1.54) is 6.07 Å². The summed E-state index contributed by atoms with van der Waals surface area (Å²) in [7, 11) is 0. The molecule has 1 N–H and O–H groups in total. The van der Waals surface area contributed by atoms with E-state index in [2.05, 4.69) is 15.4 Å².